The lowest BCUT2D eigenvalue weighted by Crippen LogP contribution is -2.49. The zero-order valence-corrected chi connectivity index (χ0v) is 15.4. The van der Waals surface area contributed by atoms with Crippen molar-refractivity contribution in [1.29, 1.82) is 0 Å². The van der Waals surface area contributed by atoms with Gasteiger partial charge in [0.15, 0.2) is 11.6 Å². The maximum atomic E-state index is 14.8. The molecule has 138 valence electrons. The SMILES string of the molecule is CC(C)c1ncnc(N(C)C2CCCN(C(=O)c3ccccn3)C2)c1F. The van der Waals surface area contributed by atoms with Gasteiger partial charge in [0.05, 0.1) is 5.69 Å². The Kier molecular flexibility index (Phi) is 5.44. The van der Waals surface area contributed by atoms with Gasteiger partial charge in [-0.25, -0.2) is 14.4 Å². The van der Waals surface area contributed by atoms with Crippen molar-refractivity contribution in [3.8, 4) is 0 Å². The monoisotopic (exact) mass is 357 g/mol. The molecule has 0 N–H and O–H groups in total. The van der Waals surface area contributed by atoms with Crippen molar-refractivity contribution >= 4 is 11.7 Å². The number of anilines is 1. The first-order valence-electron chi connectivity index (χ1n) is 8.92. The van der Waals surface area contributed by atoms with Crippen molar-refractivity contribution in [3.63, 3.8) is 0 Å². The van der Waals surface area contributed by atoms with Gasteiger partial charge < -0.3 is 9.80 Å². The number of hydrogen-bond donors (Lipinski definition) is 0. The molecule has 3 rings (SSSR count). The van der Waals surface area contributed by atoms with E-state index >= 15 is 0 Å². The molecule has 7 heteroatoms. The van der Waals surface area contributed by atoms with E-state index in [9.17, 15) is 9.18 Å². The van der Waals surface area contributed by atoms with Crippen LogP contribution in [0.4, 0.5) is 10.2 Å². The number of aromatic nitrogens is 3. The summed E-state index contributed by atoms with van der Waals surface area (Å²) in [6, 6.07) is 5.31. The largest absolute Gasteiger partial charge is 0.352 e. The summed E-state index contributed by atoms with van der Waals surface area (Å²) < 4.78 is 14.8. The first kappa shape index (κ1) is 18.2. The third kappa shape index (κ3) is 3.66. The van der Waals surface area contributed by atoms with Crippen LogP contribution >= 0.6 is 0 Å². The minimum atomic E-state index is -0.377. The van der Waals surface area contributed by atoms with Crippen molar-refractivity contribution in [2.24, 2.45) is 0 Å². The summed E-state index contributed by atoms with van der Waals surface area (Å²) in [5.41, 5.74) is 0.852. The van der Waals surface area contributed by atoms with Crippen LogP contribution in [-0.4, -0.2) is 51.9 Å². The first-order chi connectivity index (χ1) is 12.5. The third-order valence-electron chi connectivity index (χ3n) is 4.79. The zero-order chi connectivity index (χ0) is 18.7. The number of nitrogens with zero attached hydrogens (tertiary/aromatic N) is 5. The number of rotatable bonds is 4. The number of carbonyl (C=O) groups is 1. The number of likely N-dealkylation sites (N-methyl/N-ethyl adjacent to an activating group) is 1. The lowest BCUT2D eigenvalue weighted by molar-refractivity contribution is 0.0701. The molecule has 3 heterocycles. The maximum Gasteiger partial charge on any atom is 0.272 e. The fourth-order valence-corrected chi connectivity index (χ4v) is 3.30. The summed E-state index contributed by atoms with van der Waals surface area (Å²) in [7, 11) is 1.83. The molecule has 0 aromatic carbocycles. The normalized spacial score (nSPS) is 17.4. The number of amides is 1. The van der Waals surface area contributed by atoms with Crippen molar-refractivity contribution in [1.82, 2.24) is 19.9 Å². The molecule has 1 fully saturated rings. The first-order valence-corrected chi connectivity index (χ1v) is 8.92. The highest BCUT2D eigenvalue weighted by atomic mass is 19.1. The van der Waals surface area contributed by atoms with Crippen LogP contribution in [0.15, 0.2) is 30.7 Å². The summed E-state index contributed by atoms with van der Waals surface area (Å²) in [4.78, 5) is 28.6. The van der Waals surface area contributed by atoms with Gasteiger partial charge in [-0.3, -0.25) is 9.78 Å². The van der Waals surface area contributed by atoms with Crippen LogP contribution in [0.5, 0.6) is 0 Å². The van der Waals surface area contributed by atoms with E-state index in [1.807, 2.05) is 25.8 Å². The number of pyridine rings is 1. The summed E-state index contributed by atoms with van der Waals surface area (Å²) in [5, 5.41) is 0. The highest BCUT2D eigenvalue weighted by molar-refractivity contribution is 5.92. The fourth-order valence-electron chi connectivity index (χ4n) is 3.30. The van der Waals surface area contributed by atoms with Crippen LogP contribution in [0.25, 0.3) is 0 Å². The minimum absolute atomic E-state index is 0.000763. The molecule has 0 bridgehead atoms. The summed E-state index contributed by atoms with van der Waals surface area (Å²) in [6.07, 6.45) is 4.76. The Labute approximate surface area is 153 Å². The van der Waals surface area contributed by atoms with Gasteiger partial charge in [0.2, 0.25) is 0 Å². The Morgan fingerprint density at radius 3 is 2.81 bits per heavy atom. The van der Waals surface area contributed by atoms with E-state index in [4.69, 9.17) is 0 Å². The highest BCUT2D eigenvalue weighted by Crippen LogP contribution is 2.26. The fraction of sp³-hybridized carbons (Fsp3) is 0.474. The van der Waals surface area contributed by atoms with Gasteiger partial charge in [0, 0.05) is 32.4 Å². The van der Waals surface area contributed by atoms with E-state index in [2.05, 4.69) is 15.0 Å². The predicted molar refractivity (Wildman–Crippen MR) is 97.6 cm³/mol. The molecule has 0 aliphatic carbocycles. The van der Waals surface area contributed by atoms with Crippen molar-refractivity contribution in [2.45, 2.75) is 38.6 Å². The van der Waals surface area contributed by atoms with Gasteiger partial charge in [-0.05, 0) is 30.9 Å². The molecule has 1 saturated heterocycles. The zero-order valence-electron chi connectivity index (χ0n) is 15.4. The molecule has 1 aliphatic rings. The smallest absolute Gasteiger partial charge is 0.272 e. The summed E-state index contributed by atoms with van der Waals surface area (Å²) in [6.45, 7) is 5.02. The Morgan fingerprint density at radius 1 is 1.31 bits per heavy atom. The molecule has 26 heavy (non-hydrogen) atoms. The minimum Gasteiger partial charge on any atom is -0.352 e. The van der Waals surface area contributed by atoms with E-state index in [0.29, 0.717) is 30.3 Å². The van der Waals surface area contributed by atoms with E-state index in [1.54, 1.807) is 29.3 Å². The molecule has 1 aliphatic heterocycles. The van der Waals surface area contributed by atoms with Gasteiger partial charge in [0.25, 0.3) is 5.91 Å². The molecule has 0 spiro atoms. The standard InChI is InChI=1S/C19H24FN5O/c1-13(2)17-16(20)18(23-12-22-17)24(3)14-7-6-10-25(11-14)19(26)15-8-4-5-9-21-15/h4-5,8-9,12-14H,6-7,10-11H2,1-3H3. The third-order valence-corrected chi connectivity index (χ3v) is 4.79. The van der Waals surface area contributed by atoms with Crippen LogP contribution in [0.2, 0.25) is 0 Å². The van der Waals surface area contributed by atoms with Crippen molar-refractivity contribution in [3.05, 3.63) is 47.9 Å². The van der Waals surface area contributed by atoms with E-state index in [-0.39, 0.29) is 23.7 Å². The topological polar surface area (TPSA) is 62.2 Å². The predicted octanol–water partition coefficient (Wildman–Crippen LogP) is 2.88. The lowest BCUT2D eigenvalue weighted by Gasteiger charge is -2.38. The van der Waals surface area contributed by atoms with Crippen LogP contribution in [-0.2, 0) is 0 Å². The maximum absolute atomic E-state index is 14.8. The Bertz CT molecular complexity index is 768. The molecule has 1 atom stereocenters. The second kappa shape index (κ2) is 7.76. The van der Waals surface area contributed by atoms with Crippen LogP contribution in [0, 0.1) is 5.82 Å². The average Bonchev–Trinajstić information content (AvgIpc) is 2.67. The number of halogens is 1. The quantitative estimate of drug-likeness (QED) is 0.842. The van der Waals surface area contributed by atoms with Gasteiger partial charge in [0.1, 0.15) is 12.0 Å². The molecule has 1 unspecified atom stereocenters. The number of carbonyl (C=O) groups excluding carboxylic acids is 1. The molecule has 2 aromatic rings. The van der Waals surface area contributed by atoms with Gasteiger partial charge in [-0.1, -0.05) is 19.9 Å². The Morgan fingerprint density at radius 2 is 2.12 bits per heavy atom. The molecule has 1 amide bonds. The molecule has 2 aromatic heterocycles. The molecule has 6 nitrogen and oxygen atoms in total. The molecular formula is C19H24FN5O. The van der Waals surface area contributed by atoms with E-state index in [0.717, 1.165) is 12.8 Å². The molecule has 0 saturated carbocycles. The van der Waals surface area contributed by atoms with E-state index < -0.39 is 0 Å². The second-order valence-electron chi connectivity index (χ2n) is 6.92. The number of likely N-dealkylation sites (tertiary alicyclic amines) is 1. The average molecular weight is 357 g/mol. The van der Waals surface area contributed by atoms with Crippen molar-refractivity contribution < 1.29 is 9.18 Å². The van der Waals surface area contributed by atoms with Gasteiger partial charge >= 0.3 is 0 Å². The number of piperidine rings is 1. The highest BCUT2D eigenvalue weighted by Gasteiger charge is 2.29. The molecular weight excluding hydrogens is 333 g/mol. The van der Waals surface area contributed by atoms with Crippen LogP contribution in [0.1, 0.15) is 48.8 Å². The van der Waals surface area contributed by atoms with Crippen LogP contribution in [0.3, 0.4) is 0 Å². The van der Waals surface area contributed by atoms with Crippen molar-refractivity contribution in [2.75, 3.05) is 25.0 Å². The Hall–Kier alpha value is -2.57. The Balaban J connectivity index is 1.77. The summed E-state index contributed by atoms with van der Waals surface area (Å²) in [5.74, 6) is -0.188. The molecule has 0 radical (unpaired) electrons. The van der Waals surface area contributed by atoms with Gasteiger partial charge in [-0.2, -0.15) is 0 Å². The lowest BCUT2D eigenvalue weighted by atomic mass is 10.0. The summed E-state index contributed by atoms with van der Waals surface area (Å²) >= 11 is 0. The number of hydrogen-bond acceptors (Lipinski definition) is 5. The van der Waals surface area contributed by atoms with Crippen LogP contribution < -0.4 is 4.90 Å². The van der Waals surface area contributed by atoms with Gasteiger partial charge in [-0.15, -0.1) is 0 Å². The second-order valence-corrected chi connectivity index (χ2v) is 6.92. The van der Waals surface area contributed by atoms with E-state index in [1.165, 1.54) is 6.33 Å².